The van der Waals surface area contributed by atoms with Crippen LogP contribution in [-0.4, -0.2) is 45.4 Å². The zero-order valence-electron chi connectivity index (χ0n) is 17.2. The van der Waals surface area contributed by atoms with Crippen molar-refractivity contribution in [1.29, 1.82) is 0 Å². The number of hydrogen-bond donors (Lipinski definition) is 2. The Hall–Kier alpha value is -2.57. The van der Waals surface area contributed by atoms with E-state index in [0.717, 1.165) is 42.8 Å². The molecule has 0 unspecified atom stereocenters. The molecule has 0 amide bonds. The fourth-order valence-electron chi connectivity index (χ4n) is 5.35. The van der Waals surface area contributed by atoms with Gasteiger partial charge in [-0.25, -0.2) is 4.79 Å². The Labute approximate surface area is 176 Å². The second kappa shape index (κ2) is 7.00. The Bertz CT molecular complexity index is 970. The fraction of sp³-hybridized carbons (Fsp3) is 0.458. The number of phenols is 1. The zero-order chi connectivity index (χ0) is 21.0. The summed E-state index contributed by atoms with van der Waals surface area (Å²) in [5, 5.41) is 19.1. The van der Waals surface area contributed by atoms with Gasteiger partial charge in [-0.05, 0) is 62.6 Å². The summed E-state index contributed by atoms with van der Waals surface area (Å²) in [5.74, 6) is 0.314. The molecule has 2 aromatic carbocycles. The predicted octanol–water partition coefficient (Wildman–Crippen LogP) is 3.98. The smallest absolute Gasteiger partial charge is 0.335 e. The third-order valence-electron chi connectivity index (χ3n) is 6.93. The van der Waals surface area contributed by atoms with E-state index in [1.54, 1.807) is 24.3 Å². The van der Waals surface area contributed by atoms with E-state index in [-0.39, 0.29) is 29.5 Å². The van der Waals surface area contributed by atoms with Gasteiger partial charge in [0.1, 0.15) is 17.1 Å². The minimum Gasteiger partial charge on any atom is -0.508 e. The topological polar surface area (TPSA) is 79.2 Å². The maximum absolute atomic E-state index is 11.1. The van der Waals surface area contributed by atoms with E-state index in [0.29, 0.717) is 11.6 Å². The van der Waals surface area contributed by atoms with Crippen LogP contribution in [0.4, 0.5) is 0 Å². The highest BCUT2D eigenvalue weighted by Gasteiger charge is 2.53. The summed E-state index contributed by atoms with van der Waals surface area (Å²) in [7, 11) is 0. The van der Waals surface area contributed by atoms with Crippen molar-refractivity contribution in [2.75, 3.05) is 6.54 Å². The molecule has 5 rings (SSSR count). The molecule has 3 aliphatic heterocycles. The van der Waals surface area contributed by atoms with Crippen LogP contribution in [-0.2, 0) is 11.3 Å². The molecule has 6 nitrogen and oxygen atoms in total. The number of ether oxygens (including phenoxy) is 2. The average molecular weight is 409 g/mol. The molecule has 30 heavy (non-hydrogen) atoms. The molecule has 0 radical (unpaired) electrons. The lowest BCUT2D eigenvalue weighted by Crippen LogP contribution is -2.53. The van der Waals surface area contributed by atoms with Gasteiger partial charge in [0, 0.05) is 30.6 Å². The first-order valence-corrected chi connectivity index (χ1v) is 10.6. The number of hydrogen-bond acceptors (Lipinski definition) is 5. The lowest BCUT2D eigenvalue weighted by atomic mass is 9.74. The average Bonchev–Trinajstić information content (AvgIpc) is 3.10. The zero-order valence-corrected chi connectivity index (χ0v) is 17.2. The van der Waals surface area contributed by atoms with E-state index in [9.17, 15) is 9.90 Å². The highest BCUT2D eigenvalue weighted by atomic mass is 16.5. The third-order valence-corrected chi connectivity index (χ3v) is 6.93. The molecule has 2 N–H and O–H groups in total. The molecular weight excluding hydrogens is 382 g/mol. The molecule has 0 aliphatic carbocycles. The van der Waals surface area contributed by atoms with E-state index in [2.05, 4.69) is 18.7 Å². The molecule has 0 aromatic heterocycles. The Morgan fingerprint density at radius 2 is 1.97 bits per heavy atom. The quantitative estimate of drug-likeness (QED) is 0.798. The van der Waals surface area contributed by atoms with Gasteiger partial charge >= 0.3 is 5.97 Å². The van der Waals surface area contributed by atoms with Gasteiger partial charge in [0.05, 0.1) is 17.8 Å². The highest BCUT2D eigenvalue weighted by Crippen LogP contribution is 2.53. The highest BCUT2D eigenvalue weighted by molar-refractivity contribution is 5.87. The molecule has 2 aromatic rings. The number of carboxylic acids is 1. The van der Waals surface area contributed by atoms with Crippen LogP contribution in [0.25, 0.3) is 0 Å². The van der Waals surface area contributed by atoms with Crippen molar-refractivity contribution in [2.45, 2.75) is 57.1 Å². The third kappa shape index (κ3) is 3.24. The first-order chi connectivity index (χ1) is 14.3. The van der Waals surface area contributed by atoms with Crippen molar-refractivity contribution in [3.63, 3.8) is 0 Å². The van der Waals surface area contributed by atoms with Crippen molar-refractivity contribution >= 4 is 5.97 Å². The number of fused-ring (bicyclic) bond motifs is 4. The van der Waals surface area contributed by atoms with Crippen molar-refractivity contribution in [2.24, 2.45) is 5.92 Å². The van der Waals surface area contributed by atoms with E-state index in [1.807, 2.05) is 18.2 Å². The van der Waals surface area contributed by atoms with Crippen molar-refractivity contribution in [3.8, 4) is 11.5 Å². The van der Waals surface area contributed by atoms with Crippen LogP contribution in [0.2, 0.25) is 0 Å². The number of benzene rings is 2. The number of phenolic OH excluding ortho intramolecular Hbond substituents is 1. The largest absolute Gasteiger partial charge is 0.508 e. The van der Waals surface area contributed by atoms with Crippen LogP contribution in [0.15, 0.2) is 42.5 Å². The lowest BCUT2D eigenvalue weighted by Gasteiger charge is -2.50. The lowest BCUT2D eigenvalue weighted by molar-refractivity contribution is -0.162. The number of aromatic carboxylic acids is 1. The monoisotopic (exact) mass is 409 g/mol. The second-order valence-electron chi connectivity index (χ2n) is 9.19. The van der Waals surface area contributed by atoms with Gasteiger partial charge in [-0.3, -0.25) is 4.90 Å². The Kier molecular flexibility index (Phi) is 4.52. The molecule has 0 bridgehead atoms. The van der Waals surface area contributed by atoms with Gasteiger partial charge in [-0.15, -0.1) is 0 Å². The van der Waals surface area contributed by atoms with E-state index >= 15 is 0 Å². The van der Waals surface area contributed by atoms with Crippen LogP contribution < -0.4 is 4.74 Å². The van der Waals surface area contributed by atoms with Gasteiger partial charge < -0.3 is 19.7 Å². The van der Waals surface area contributed by atoms with Crippen LogP contribution in [0, 0.1) is 5.92 Å². The first kappa shape index (κ1) is 19.4. The summed E-state index contributed by atoms with van der Waals surface area (Å²) in [6.45, 7) is 5.96. The summed E-state index contributed by atoms with van der Waals surface area (Å²) in [5.41, 5.74) is 2.00. The fourth-order valence-corrected chi connectivity index (χ4v) is 5.35. The number of rotatable bonds is 3. The van der Waals surface area contributed by atoms with E-state index in [4.69, 9.17) is 14.6 Å². The molecule has 3 heterocycles. The van der Waals surface area contributed by atoms with Gasteiger partial charge in [0.15, 0.2) is 0 Å². The standard InChI is InChI=1S/C24H27NO5/c1-24(2)18-12-19-21(29-22(18)17-11-16(26)7-8-20(17)30-24)9-10-25(19)13-14-3-5-15(6-4-14)23(27)28/h3-8,11,18-19,21-22,26H,9-10,12-13H2,1-2H3,(H,27,28)/t18-,19+,21-,22+/m0/s1. The SMILES string of the molecule is CC1(C)Oc2ccc(O)cc2[C@H]2O[C@H]3CCN(Cc4ccc(C(=O)O)cc4)[C@@H]3C[C@@H]21. The maximum Gasteiger partial charge on any atom is 0.335 e. The van der Waals surface area contributed by atoms with E-state index in [1.165, 1.54) is 0 Å². The molecule has 3 aliphatic rings. The van der Waals surface area contributed by atoms with Gasteiger partial charge in [-0.1, -0.05) is 12.1 Å². The van der Waals surface area contributed by atoms with Crippen molar-refractivity contribution in [1.82, 2.24) is 4.90 Å². The molecule has 0 spiro atoms. The molecule has 2 fully saturated rings. The summed E-state index contributed by atoms with van der Waals surface area (Å²) >= 11 is 0. The molecule has 0 saturated carbocycles. The Balaban J connectivity index is 1.37. The van der Waals surface area contributed by atoms with Crippen LogP contribution in [0.1, 0.15) is 54.3 Å². The van der Waals surface area contributed by atoms with Crippen LogP contribution >= 0.6 is 0 Å². The second-order valence-corrected chi connectivity index (χ2v) is 9.19. The minimum absolute atomic E-state index is 0.0769. The molecule has 158 valence electrons. The number of nitrogens with zero attached hydrogens (tertiary/aromatic N) is 1. The van der Waals surface area contributed by atoms with Crippen LogP contribution in [0.3, 0.4) is 0 Å². The number of carboxylic acid groups (broad SMARTS) is 1. The maximum atomic E-state index is 11.1. The predicted molar refractivity (Wildman–Crippen MR) is 111 cm³/mol. The van der Waals surface area contributed by atoms with Crippen molar-refractivity contribution in [3.05, 3.63) is 59.2 Å². The Morgan fingerprint density at radius 1 is 1.20 bits per heavy atom. The van der Waals surface area contributed by atoms with Crippen LogP contribution in [0.5, 0.6) is 11.5 Å². The first-order valence-electron chi connectivity index (χ1n) is 10.6. The van der Waals surface area contributed by atoms with Gasteiger partial charge in [0.25, 0.3) is 0 Å². The summed E-state index contributed by atoms with van der Waals surface area (Å²) in [6.07, 6.45) is 2.00. The Morgan fingerprint density at radius 3 is 2.70 bits per heavy atom. The molecule has 4 atom stereocenters. The van der Waals surface area contributed by atoms with E-state index < -0.39 is 5.97 Å². The normalized spacial score (nSPS) is 29.4. The summed E-state index contributed by atoms with van der Waals surface area (Å²) < 4.78 is 13.0. The molecule has 2 saturated heterocycles. The number of aromatic hydroxyl groups is 1. The van der Waals surface area contributed by atoms with Gasteiger partial charge in [0.2, 0.25) is 0 Å². The summed E-state index contributed by atoms with van der Waals surface area (Å²) in [6, 6.07) is 12.7. The minimum atomic E-state index is -0.902. The van der Waals surface area contributed by atoms with Crippen molar-refractivity contribution < 1.29 is 24.5 Å². The number of likely N-dealkylation sites (tertiary alicyclic amines) is 1. The number of carbonyl (C=O) groups is 1. The van der Waals surface area contributed by atoms with Gasteiger partial charge in [-0.2, -0.15) is 0 Å². The summed E-state index contributed by atoms with van der Waals surface area (Å²) in [4.78, 5) is 13.5. The molecule has 6 heteroatoms. The molecular formula is C24H27NO5.